The van der Waals surface area contributed by atoms with Gasteiger partial charge in [-0.05, 0) is 45.5 Å². The molecule has 15 heavy (non-hydrogen) atoms. The third-order valence-corrected chi connectivity index (χ3v) is 4.40. The van der Waals surface area contributed by atoms with E-state index in [0.717, 1.165) is 10.9 Å². The van der Waals surface area contributed by atoms with Gasteiger partial charge in [-0.25, -0.2) is 0 Å². The van der Waals surface area contributed by atoms with Crippen molar-refractivity contribution in [2.24, 2.45) is 11.1 Å². The standard InChI is InChI=1S/C12H16BrNO/c1-11(2)6-12(11,7-14)8-3-4-10(15)9(13)5-8/h3-5,15H,6-7,14H2,1-2H3. The zero-order valence-electron chi connectivity index (χ0n) is 9.05. The monoisotopic (exact) mass is 269 g/mol. The molecular weight excluding hydrogens is 254 g/mol. The van der Waals surface area contributed by atoms with Gasteiger partial charge >= 0.3 is 0 Å². The molecule has 3 N–H and O–H groups in total. The highest BCUT2D eigenvalue weighted by Crippen LogP contribution is 2.63. The van der Waals surface area contributed by atoms with Gasteiger partial charge in [-0.3, -0.25) is 0 Å². The highest BCUT2D eigenvalue weighted by atomic mass is 79.9. The molecule has 82 valence electrons. The molecule has 1 saturated carbocycles. The maximum atomic E-state index is 9.45. The van der Waals surface area contributed by atoms with Gasteiger partial charge in [0.15, 0.2) is 0 Å². The van der Waals surface area contributed by atoms with Crippen LogP contribution in [0.15, 0.2) is 22.7 Å². The number of rotatable bonds is 2. The third kappa shape index (κ3) is 1.49. The van der Waals surface area contributed by atoms with Crippen molar-refractivity contribution in [3.63, 3.8) is 0 Å². The lowest BCUT2D eigenvalue weighted by atomic mass is 9.88. The summed E-state index contributed by atoms with van der Waals surface area (Å²) in [4.78, 5) is 0. The predicted molar refractivity (Wildman–Crippen MR) is 64.9 cm³/mol. The molecule has 1 aliphatic carbocycles. The Morgan fingerprint density at radius 3 is 2.47 bits per heavy atom. The molecule has 1 atom stereocenters. The normalized spacial score (nSPS) is 27.7. The smallest absolute Gasteiger partial charge is 0.129 e. The van der Waals surface area contributed by atoms with E-state index >= 15 is 0 Å². The van der Waals surface area contributed by atoms with Crippen molar-refractivity contribution >= 4 is 15.9 Å². The molecule has 1 aromatic rings. The Balaban J connectivity index is 2.42. The number of halogens is 1. The van der Waals surface area contributed by atoms with Crippen LogP contribution in [0.1, 0.15) is 25.8 Å². The van der Waals surface area contributed by atoms with Crippen molar-refractivity contribution in [3.8, 4) is 5.75 Å². The molecule has 0 heterocycles. The van der Waals surface area contributed by atoms with Crippen LogP contribution in [0.5, 0.6) is 5.75 Å². The summed E-state index contributed by atoms with van der Waals surface area (Å²) in [5.74, 6) is 0.282. The van der Waals surface area contributed by atoms with Crippen molar-refractivity contribution in [2.45, 2.75) is 25.7 Å². The van der Waals surface area contributed by atoms with E-state index in [4.69, 9.17) is 5.73 Å². The predicted octanol–water partition coefficient (Wildman–Crippen LogP) is 2.78. The molecule has 2 rings (SSSR count). The van der Waals surface area contributed by atoms with Gasteiger partial charge in [-0.15, -0.1) is 0 Å². The van der Waals surface area contributed by atoms with Crippen LogP contribution in [0.2, 0.25) is 0 Å². The molecule has 0 aromatic heterocycles. The fourth-order valence-electron chi connectivity index (χ4n) is 2.47. The molecule has 0 aliphatic heterocycles. The Kier molecular flexibility index (Phi) is 2.36. The van der Waals surface area contributed by atoms with Crippen LogP contribution < -0.4 is 5.73 Å². The number of nitrogens with two attached hydrogens (primary N) is 1. The summed E-state index contributed by atoms with van der Waals surface area (Å²) in [6, 6.07) is 5.68. The molecule has 1 aliphatic rings. The first-order valence-electron chi connectivity index (χ1n) is 5.12. The molecule has 2 nitrogen and oxygen atoms in total. The molecular formula is C12H16BrNO. The van der Waals surface area contributed by atoms with Crippen molar-refractivity contribution in [2.75, 3.05) is 6.54 Å². The van der Waals surface area contributed by atoms with Crippen molar-refractivity contribution in [3.05, 3.63) is 28.2 Å². The van der Waals surface area contributed by atoms with Crippen LogP contribution >= 0.6 is 15.9 Å². The van der Waals surface area contributed by atoms with Gasteiger partial charge in [0.05, 0.1) is 4.47 Å². The number of phenolic OH excluding ortho intramolecular Hbond substituents is 1. The van der Waals surface area contributed by atoms with Crippen molar-refractivity contribution < 1.29 is 5.11 Å². The topological polar surface area (TPSA) is 46.2 Å². The molecule has 0 spiro atoms. The lowest BCUT2D eigenvalue weighted by Gasteiger charge is -2.19. The van der Waals surface area contributed by atoms with Crippen LogP contribution in [0.25, 0.3) is 0 Å². The third-order valence-electron chi connectivity index (χ3n) is 3.76. The zero-order valence-corrected chi connectivity index (χ0v) is 10.6. The van der Waals surface area contributed by atoms with E-state index in [1.807, 2.05) is 12.1 Å². The number of benzene rings is 1. The molecule has 3 heteroatoms. The summed E-state index contributed by atoms with van der Waals surface area (Å²) in [7, 11) is 0. The number of hydrogen-bond donors (Lipinski definition) is 2. The van der Waals surface area contributed by atoms with Gasteiger partial charge in [-0.2, -0.15) is 0 Å². The van der Waals surface area contributed by atoms with Gasteiger partial charge in [0.1, 0.15) is 5.75 Å². The quantitative estimate of drug-likeness (QED) is 0.868. The Morgan fingerprint density at radius 1 is 1.47 bits per heavy atom. The van der Waals surface area contributed by atoms with Crippen LogP contribution in [-0.2, 0) is 5.41 Å². The van der Waals surface area contributed by atoms with Gasteiger partial charge in [0.25, 0.3) is 0 Å². The molecule has 1 aromatic carbocycles. The minimum absolute atomic E-state index is 0.100. The molecule has 0 saturated heterocycles. The summed E-state index contributed by atoms with van der Waals surface area (Å²) in [6.45, 7) is 5.14. The van der Waals surface area contributed by atoms with E-state index < -0.39 is 0 Å². The Hall–Kier alpha value is -0.540. The lowest BCUT2D eigenvalue weighted by Crippen LogP contribution is -2.25. The summed E-state index contributed by atoms with van der Waals surface area (Å²) >= 11 is 3.34. The van der Waals surface area contributed by atoms with E-state index in [1.54, 1.807) is 6.07 Å². The average Bonchev–Trinajstić information content (AvgIpc) is 2.75. The summed E-state index contributed by atoms with van der Waals surface area (Å²) in [5.41, 5.74) is 7.49. The van der Waals surface area contributed by atoms with Crippen LogP contribution in [0.4, 0.5) is 0 Å². The SMILES string of the molecule is CC1(C)CC1(CN)c1ccc(O)c(Br)c1. The Morgan fingerprint density at radius 2 is 2.07 bits per heavy atom. The molecule has 0 radical (unpaired) electrons. The highest BCUT2D eigenvalue weighted by Gasteiger charge is 2.60. The number of aromatic hydroxyl groups is 1. The van der Waals surface area contributed by atoms with Gasteiger partial charge in [0.2, 0.25) is 0 Å². The number of hydrogen-bond acceptors (Lipinski definition) is 2. The van der Waals surface area contributed by atoms with E-state index in [2.05, 4.69) is 29.8 Å². The Labute approximate surface area is 98.6 Å². The second kappa shape index (κ2) is 3.22. The van der Waals surface area contributed by atoms with E-state index in [9.17, 15) is 5.11 Å². The lowest BCUT2D eigenvalue weighted by molar-refractivity contribution is 0.468. The second-order valence-corrected chi connectivity index (χ2v) is 5.87. The summed E-state index contributed by atoms with van der Waals surface area (Å²) in [5, 5.41) is 9.45. The zero-order chi connectivity index (χ0) is 11.3. The minimum Gasteiger partial charge on any atom is -0.507 e. The van der Waals surface area contributed by atoms with Crippen molar-refractivity contribution in [1.82, 2.24) is 0 Å². The average molecular weight is 270 g/mol. The van der Waals surface area contributed by atoms with Gasteiger partial charge in [-0.1, -0.05) is 19.9 Å². The molecule has 1 unspecified atom stereocenters. The first kappa shape index (κ1) is 11.0. The van der Waals surface area contributed by atoms with Crippen LogP contribution in [0.3, 0.4) is 0 Å². The fraction of sp³-hybridized carbons (Fsp3) is 0.500. The maximum Gasteiger partial charge on any atom is 0.129 e. The fourth-order valence-corrected chi connectivity index (χ4v) is 2.85. The largest absolute Gasteiger partial charge is 0.507 e. The van der Waals surface area contributed by atoms with E-state index in [1.165, 1.54) is 5.56 Å². The maximum absolute atomic E-state index is 9.45. The molecule has 0 bridgehead atoms. The van der Waals surface area contributed by atoms with Gasteiger partial charge < -0.3 is 10.8 Å². The van der Waals surface area contributed by atoms with Crippen molar-refractivity contribution in [1.29, 1.82) is 0 Å². The van der Waals surface area contributed by atoms with Crippen LogP contribution in [-0.4, -0.2) is 11.7 Å². The van der Waals surface area contributed by atoms with Crippen LogP contribution in [0, 0.1) is 5.41 Å². The highest BCUT2D eigenvalue weighted by molar-refractivity contribution is 9.10. The first-order valence-corrected chi connectivity index (χ1v) is 5.91. The van der Waals surface area contributed by atoms with E-state index in [-0.39, 0.29) is 16.6 Å². The van der Waals surface area contributed by atoms with Gasteiger partial charge in [0, 0.05) is 12.0 Å². The summed E-state index contributed by atoms with van der Waals surface area (Å²) < 4.78 is 0.746. The first-order chi connectivity index (χ1) is 6.93. The summed E-state index contributed by atoms with van der Waals surface area (Å²) in [6.07, 6.45) is 1.12. The number of phenols is 1. The molecule has 0 amide bonds. The minimum atomic E-state index is 0.100. The van der Waals surface area contributed by atoms with E-state index in [0.29, 0.717) is 6.54 Å². The second-order valence-electron chi connectivity index (χ2n) is 5.01. The Bertz CT molecular complexity index is 403. The molecule has 1 fully saturated rings.